The van der Waals surface area contributed by atoms with Crippen LogP contribution < -0.4 is 14.8 Å². The first-order valence-corrected chi connectivity index (χ1v) is 10.5. The fourth-order valence-electron chi connectivity index (χ4n) is 2.66. The quantitative estimate of drug-likeness (QED) is 0.434. The third-order valence-electron chi connectivity index (χ3n) is 4.49. The van der Waals surface area contributed by atoms with Gasteiger partial charge in [0.15, 0.2) is 0 Å². The number of rotatable bonds is 11. The third kappa shape index (κ3) is 7.07. The number of hydrogen-bond acceptors (Lipinski definition) is 6. The molecule has 1 saturated carbocycles. The molecule has 1 aliphatic carbocycles. The number of hydrogen-bond donors (Lipinski definition) is 2. The smallest absolute Gasteiger partial charge is 0.317 e. The highest BCUT2D eigenvalue weighted by molar-refractivity contribution is 7.97. The number of carbonyl (C=O) groups is 2. The largest absolute Gasteiger partial charge is 0.493 e. The van der Waals surface area contributed by atoms with Gasteiger partial charge in [-0.1, -0.05) is 12.1 Å². The maximum atomic E-state index is 11.8. The van der Waals surface area contributed by atoms with Gasteiger partial charge in [-0.15, -0.1) is 0 Å². The summed E-state index contributed by atoms with van der Waals surface area (Å²) in [6.45, 7) is 1.79. The van der Waals surface area contributed by atoms with Crippen molar-refractivity contribution in [1.29, 1.82) is 0 Å². The van der Waals surface area contributed by atoms with Crippen LogP contribution in [-0.4, -0.2) is 42.4 Å². The van der Waals surface area contributed by atoms with E-state index in [1.165, 1.54) is 29.7 Å². The zero-order valence-corrected chi connectivity index (χ0v) is 17.3. The van der Waals surface area contributed by atoms with Gasteiger partial charge >= 0.3 is 6.03 Å². The van der Waals surface area contributed by atoms with Crippen LogP contribution in [0.15, 0.2) is 47.5 Å². The molecular weight excluding hydrogens is 388 g/mol. The fraction of sp³-hybridized carbons (Fsp3) is 0.381. The van der Waals surface area contributed by atoms with E-state index in [9.17, 15) is 9.59 Å². The zero-order chi connectivity index (χ0) is 20.5. The Morgan fingerprint density at radius 1 is 1.34 bits per heavy atom. The van der Waals surface area contributed by atoms with Crippen molar-refractivity contribution < 1.29 is 14.3 Å². The van der Waals surface area contributed by atoms with Crippen LogP contribution in [0.5, 0.6) is 5.75 Å². The van der Waals surface area contributed by atoms with Gasteiger partial charge in [0.2, 0.25) is 0 Å². The minimum atomic E-state index is -0.289. The van der Waals surface area contributed by atoms with Crippen molar-refractivity contribution in [3.8, 4) is 5.75 Å². The Morgan fingerprint density at radius 3 is 2.90 bits per heavy atom. The van der Waals surface area contributed by atoms with Gasteiger partial charge in [-0.25, -0.2) is 4.79 Å². The van der Waals surface area contributed by atoms with Crippen molar-refractivity contribution in [3.63, 3.8) is 0 Å². The van der Waals surface area contributed by atoms with Crippen LogP contribution in [0.1, 0.15) is 24.1 Å². The van der Waals surface area contributed by atoms with E-state index in [-0.39, 0.29) is 12.6 Å². The zero-order valence-electron chi connectivity index (χ0n) is 16.5. The molecule has 1 aromatic heterocycles. The summed E-state index contributed by atoms with van der Waals surface area (Å²) < 4.78 is 9.12. The molecule has 1 aliphatic rings. The average molecular weight is 415 g/mol. The van der Waals surface area contributed by atoms with Crippen molar-refractivity contribution >= 4 is 24.3 Å². The third-order valence-corrected chi connectivity index (χ3v) is 5.27. The van der Waals surface area contributed by atoms with Gasteiger partial charge in [-0.2, -0.15) is 0 Å². The van der Waals surface area contributed by atoms with Crippen molar-refractivity contribution in [2.24, 2.45) is 5.92 Å². The summed E-state index contributed by atoms with van der Waals surface area (Å²) in [5, 5.41) is 2.53. The average Bonchev–Trinajstić information content (AvgIpc) is 3.57. The van der Waals surface area contributed by atoms with Gasteiger partial charge in [-0.05, 0) is 60.5 Å². The standard InChI is InChI=1S/C21H26N4O3S/c1-22-21(27)25(9-10-26)14-17-7-8-18(23-12-17)13-24-29-20-4-2-3-19(11-20)28-15-16-5-6-16/h2-4,7-8,10-12,16,24H,5-6,9,13-15H2,1H3,(H,22,27). The lowest BCUT2D eigenvalue weighted by molar-refractivity contribution is -0.108. The summed E-state index contributed by atoms with van der Waals surface area (Å²) >= 11 is 1.54. The second kappa shape index (κ2) is 10.8. The van der Waals surface area contributed by atoms with Crippen LogP contribution in [0.25, 0.3) is 0 Å². The highest BCUT2D eigenvalue weighted by Gasteiger charge is 2.21. The summed E-state index contributed by atoms with van der Waals surface area (Å²) in [6, 6.07) is 11.6. The fourth-order valence-corrected chi connectivity index (χ4v) is 3.37. The Hall–Kier alpha value is -2.58. The predicted molar refractivity (Wildman–Crippen MR) is 113 cm³/mol. The topological polar surface area (TPSA) is 83.6 Å². The summed E-state index contributed by atoms with van der Waals surface area (Å²) in [4.78, 5) is 29.5. The van der Waals surface area contributed by atoms with Crippen molar-refractivity contribution in [1.82, 2.24) is 19.9 Å². The molecule has 0 aliphatic heterocycles. The summed E-state index contributed by atoms with van der Waals surface area (Å²) in [5.74, 6) is 1.64. The van der Waals surface area contributed by atoms with Gasteiger partial charge < -0.3 is 19.7 Å². The molecule has 29 heavy (non-hydrogen) atoms. The van der Waals surface area contributed by atoms with Gasteiger partial charge in [0, 0.05) is 31.2 Å². The highest BCUT2D eigenvalue weighted by atomic mass is 32.2. The Balaban J connectivity index is 1.45. The lowest BCUT2D eigenvalue weighted by Gasteiger charge is -2.19. The second-order valence-corrected chi connectivity index (χ2v) is 7.88. The van der Waals surface area contributed by atoms with Crippen molar-refractivity contribution in [3.05, 3.63) is 53.9 Å². The molecule has 3 rings (SSSR count). The summed E-state index contributed by atoms with van der Waals surface area (Å²) in [6.07, 6.45) is 5.00. The number of nitrogens with zero attached hydrogens (tertiary/aromatic N) is 2. The molecule has 2 N–H and O–H groups in total. The number of aldehydes is 1. The van der Waals surface area contributed by atoms with Crippen LogP contribution in [-0.2, 0) is 17.9 Å². The first kappa shape index (κ1) is 21.1. The molecule has 2 amide bonds. The van der Waals surface area contributed by atoms with E-state index in [1.54, 1.807) is 13.2 Å². The monoisotopic (exact) mass is 414 g/mol. The maximum Gasteiger partial charge on any atom is 0.317 e. The number of amides is 2. The molecule has 0 spiro atoms. The molecule has 7 nitrogen and oxygen atoms in total. The maximum absolute atomic E-state index is 11.8. The number of urea groups is 1. The highest BCUT2D eigenvalue weighted by Crippen LogP contribution is 2.30. The molecule has 154 valence electrons. The van der Waals surface area contributed by atoms with Gasteiger partial charge in [0.05, 0.1) is 18.8 Å². The van der Waals surface area contributed by atoms with Crippen LogP contribution >= 0.6 is 11.9 Å². The Labute approximate surface area is 175 Å². The van der Waals surface area contributed by atoms with Crippen LogP contribution in [0.2, 0.25) is 0 Å². The molecule has 0 radical (unpaired) electrons. The molecule has 0 saturated heterocycles. The van der Waals surface area contributed by atoms with Crippen LogP contribution in [0.3, 0.4) is 0 Å². The molecular formula is C21H26N4O3S. The second-order valence-electron chi connectivity index (χ2n) is 6.91. The number of carbonyl (C=O) groups excluding carboxylic acids is 2. The minimum Gasteiger partial charge on any atom is -0.493 e. The minimum absolute atomic E-state index is 0.0447. The van der Waals surface area contributed by atoms with Gasteiger partial charge in [0.25, 0.3) is 0 Å². The Kier molecular flexibility index (Phi) is 7.89. The molecule has 8 heteroatoms. The summed E-state index contributed by atoms with van der Waals surface area (Å²) in [7, 11) is 1.54. The molecule has 1 heterocycles. The first-order chi connectivity index (χ1) is 14.2. The Morgan fingerprint density at radius 2 is 2.21 bits per heavy atom. The number of aromatic nitrogens is 1. The molecule has 2 aromatic rings. The lowest BCUT2D eigenvalue weighted by atomic mass is 10.2. The number of nitrogens with one attached hydrogen (secondary N) is 2. The van der Waals surface area contributed by atoms with Gasteiger partial charge in [-0.3, -0.25) is 9.71 Å². The first-order valence-electron chi connectivity index (χ1n) is 9.64. The van der Waals surface area contributed by atoms with Crippen LogP contribution in [0, 0.1) is 5.92 Å². The molecule has 0 unspecified atom stereocenters. The summed E-state index contributed by atoms with van der Waals surface area (Å²) in [5.41, 5.74) is 1.76. The number of pyridine rings is 1. The van der Waals surface area contributed by atoms with E-state index >= 15 is 0 Å². The molecule has 0 atom stereocenters. The van der Waals surface area contributed by atoms with E-state index in [0.717, 1.165) is 34.4 Å². The van der Waals surface area contributed by atoms with E-state index in [0.29, 0.717) is 19.4 Å². The van der Waals surface area contributed by atoms with E-state index in [1.807, 2.05) is 36.4 Å². The number of benzene rings is 1. The number of ether oxygens (including phenoxy) is 1. The predicted octanol–water partition coefficient (Wildman–Crippen LogP) is 3.01. The van der Waals surface area contributed by atoms with Crippen molar-refractivity contribution in [2.45, 2.75) is 30.8 Å². The van der Waals surface area contributed by atoms with E-state index in [2.05, 4.69) is 15.0 Å². The molecule has 1 aromatic carbocycles. The van der Waals surface area contributed by atoms with E-state index < -0.39 is 0 Å². The van der Waals surface area contributed by atoms with Crippen LogP contribution in [0.4, 0.5) is 4.79 Å². The van der Waals surface area contributed by atoms with Crippen molar-refractivity contribution in [2.75, 3.05) is 20.2 Å². The molecule has 1 fully saturated rings. The normalized spacial score (nSPS) is 13.0. The van der Waals surface area contributed by atoms with E-state index in [4.69, 9.17) is 4.74 Å². The SMILES string of the molecule is CNC(=O)N(CC=O)Cc1ccc(CNSc2cccc(OCC3CC3)c2)nc1. The Bertz CT molecular complexity index is 812. The van der Waals surface area contributed by atoms with Gasteiger partial charge in [0.1, 0.15) is 12.0 Å². The molecule has 0 bridgehead atoms. The lowest BCUT2D eigenvalue weighted by Crippen LogP contribution is -2.38.